The van der Waals surface area contributed by atoms with Crippen molar-refractivity contribution in [1.29, 1.82) is 10.5 Å². The second-order valence-corrected chi connectivity index (χ2v) is 1.75. The van der Waals surface area contributed by atoms with Crippen molar-refractivity contribution in [2.45, 2.75) is 0 Å². The van der Waals surface area contributed by atoms with Crippen molar-refractivity contribution in [1.82, 2.24) is 9.97 Å². The molecule has 0 unspecified atom stereocenters. The van der Waals surface area contributed by atoms with Crippen molar-refractivity contribution < 1.29 is 10.2 Å². The van der Waals surface area contributed by atoms with Crippen LogP contribution in [0.4, 0.5) is 0 Å². The lowest BCUT2D eigenvalue weighted by Crippen LogP contribution is -2.07. The van der Waals surface area contributed by atoms with Gasteiger partial charge < -0.3 is 10.2 Å². The summed E-state index contributed by atoms with van der Waals surface area (Å²) in [4.78, 5) is 6.10. The molecule has 0 radical (unpaired) electrons. The molecule has 0 fully saturated rings. The van der Waals surface area contributed by atoms with Crippen LogP contribution < -0.4 is 10.2 Å². The van der Waals surface area contributed by atoms with Crippen LogP contribution in [0.3, 0.4) is 0 Å². The van der Waals surface area contributed by atoms with E-state index in [1.54, 1.807) is 0 Å². The molecule has 0 aromatic carbocycles. The molecule has 0 N–H and O–H groups in total. The third kappa shape index (κ3) is 1.09. The Bertz CT molecular complexity index is 362. The molecule has 12 heavy (non-hydrogen) atoms. The van der Waals surface area contributed by atoms with Gasteiger partial charge in [0.15, 0.2) is 11.4 Å². The number of hydrogen-bond acceptors (Lipinski definition) is 6. The zero-order chi connectivity index (χ0) is 9.14. The van der Waals surface area contributed by atoms with Gasteiger partial charge in [-0.15, -0.1) is 0 Å². The van der Waals surface area contributed by atoms with Crippen LogP contribution in [0.2, 0.25) is 0 Å². The summed E-state index contributed by atoms with van der Waals surface area (Å²) in [5.41, 5.74) is -0.829. The molecule has 6 heteroatoms. The van der Waals surface area contributed by atoms with Crippen molar-refractivity contribution in [2.24, 2.45) is 0 Å². The van der Waals surface area contributed by atoms with Crippen LogP contribution in [0, 0.1) is 22.7 Å². The molecule has 0 spiro atoms. The Labute approximate surface area is 67.0 Å². The van der Waals surface area contributed by atoms with Gasteiger partial charge in [-0.25, -0.2) is 9.97 Å². The Hall–Kier alpha value is -2.34. The first-order valence-electron chi connectivity index (χ1n) is 2.75. The summed E-state index contributed by atoms with van der Waals surface area (Å²) < 4.78 is 0. The van der Waals surface area contributed by atoms with Crippen molar-refractivity contribution in [3.63, 3.8) is 0 Å². The lowest BCUT2D eigenvalue weighted by Gasteiger charge is -2.14. The number of nitrogens with zero attached hydrogens (tertiary/aromatic N) is 4. The molecule has 0 aliphatic heterocycles. The van der Waals surface area contributed by atoms with Crippen LogP contribution in [0.15, 0.2) is 0 Å². The van der Waals surface area contributed by atoms with E-state index >= 15 is 0 Å². The van der Waals surface area contributed by atoms with E-state index in [-0.39, 0.29) is 0 Å². The molecule has 58 valence electrons. The number of aromatic nitrogens is 2. The minimum Gasteiger partial charge on any atom is -0.858 e. The Morgan fingerprint density at radius 2 is 1.25 bits per heavy atom. The largest absolute Gasteiger partial charge is 0.858 e. The van der Waals surface area contributed by atoms with E-state index in [1.165, 1.54) is 12.1 Å². The van der Waals surface area contributed by atoms with Crippen LogP contribution in [-0.4, -0.2) is 9.97 Å². The van der Waals surface area contributed by atoms with Crippen LogP contribution in [-0.2, 0) is 0 Å². The monoisotopic (exact) mass is 160 g/mol. The summed E-state index contributed by atoms with van der Waals surface area (Å²) in [5.74, 6) is -2.24. The average Bonchev–Trinajstić information content (AvgIpc) is 2.09. The van der Waals surface area contributed by atoms with Gasteiger partial charge in [0.25, 0.3) is 0 Å². The van der Waals surface area contributed by atoms with Gasteiger partial charge in [-0.1, -0.05) is 0 Å². The van der Waals surface area contributed by atoms with E-state index in [0.717, 1.165) is 0 Å². The van der Waals surface area contributed by atoms with Gasteiger partial charge in [0.05, 0.1) is 0 Å². The Morgan fingerprint density at radius 1 is 0.917 bits per heavy atom. The van der Waals surface area contributed by atoms with Gasteiger partial charge in [0, 0.05) is 0 Å². The second kappa shape index (κ2) is 2.72. The van der Waals surface area contributed by atoms with Crippen LogP contribution >= 0.6 is 0 Å². The first-order valence-corrected chi connectivity index (χ1v) is 2.75. The molecule has 0 saturated heterocycles. The standard InChI is InChI=1S/C6H2N4O2/c7-1-3-4(2-8)10-6(12)5(11)9-3/h(H,9,11)(H,10,12)/p-2. The summed E-state index contributed by atoms with van der Waals surface area (Å²) >= 11 is 0. The highest BCUT2D eigenvalue weighted by molar-refractivity contribution is 5.39. The zero-order valence-corrected chi connectivity index (χ0v) is 5.61. The molecule has 1 aromatic heterocycles. The molecule has 0 aliphatic rings. The Balaban J connectivity index is 3.44. The lowest BCUT2D eigenvalue weighted by molar-refractivity contribution is -0.326. The maximum absolute atomic E-state index is 10.5. The van der Waals surface area contributed by atoms with E-state index in [2.05, 4.69) is 9.97 Å². The van der Waals surface area contributed by atoms with Gasteiger partial charge >= 0.3 is 0 Å². The maximum atomic E-state index is 10.5. The maximum Gasteiger partial charge on any atom is 0.176 e. The van der Waals surface area contributed by atoms with Crippen molar-refractivity contribution in [3.05, 3.63) is 11.4 Å². The quantitative estimate of drug-likeness (QED) is 0.449. The summed E-state index contributed by atoms with van der Waals surface area (Å²) in [6.07, 6.45) is 0. The number of hydrogen-bond donors (Lipinski definition) is 0. The van der Waals surface area contributed by atoms with Crippen molar-refractivity contribution >= 4 is 0 Å². The molecule has 6 nitrogen and oxygen atoms in total. The predicted molar refractivity (Wildman–Crippen MR) is 30.4 cm³/mol. The molecule has 0 saturated carbocycles. The van der Waals surface area contributed by atoms with Gasteiger partial charge in [-0.3, -0.25) is 0 Å². The topological polar surface area (TPSA) is 119 Å². The predicted octanol–water partition coefficient (Wildman–Crippen LogP) is -1.63. The fourth-order valence-electron chi connectivity index (χ4n) is 0.561. The van der Waals surface area contributed by atoms with Crippen molar-refractivity contribution in [3.8, 4) is 23.9 Å². The molecule has 0 aliphatic carbocycles. The van der Waals surface area contributed by atoms with E-state index in [1.807, 2.05) is 0 Å². The average molecular weight is 160 g/mol. The summed E-state index contributed by atoms with van der Waals surface area (Å²) in [6.45, 7) is 0. The summed E-state index contributed by atoms with van der Waals surface area (Å²) in [7, 11) is 0. The highest BCUT2D eigenvalue weighted by Crippen LogP contribution is 2.13. The first-order chi connectivity index (χ1) is 5.69. The second-order valence-electron chi connectivity index (χ2n) is 1.75. The molecule has 0 bridgehead atoms. The highest BCUT2D eigenvalue weighted by Gasteiger charge is 2.02. The molecule has 1 rings (SSSR count). The van der Waals surface area contributed by atoms with E-state index in [9.17, 15) is 10.2 Å². The van der Waals surface area contributed by atoms with Gasteiger partial charge in [-0.2, -0.15) is 10.5 Å². The molecule has 1 aromatic rings. The molecule has 1 heterocycles. The van der Waals surface area contributed by atoms with Crippen LogP contribution in [0.25, 0.3) is 0 Å². The van der Waals surface area contributed by atoms with Crippen LogP contribution in [0.1, 0.15) is 11.4 Å². The van der Waals surface area contributed by atoms with E-state index in [4.69, 9.17) is 10.5 Å². The first kappa shape index (κ1) is 7.76. The summed E-state index contributed by atoms with van der Waals surface area (Å²) in [6, 6.07) is 2.96. The Morgan fingerprint density at radius 3 is 1.50 bits per heavy atom. The molecule has 0 atom stereocenters. The van der Waals surface area contributed by atoms with E-state index < -0.39 is 23.1 Å². The third-order valence-electron chi connectivity index (χ3n) is 1.05. The van der Waals surface area contributed by atoms with Crippen molar-refractivity contribution in [2.75, 3.05) is 0 Å². The SMILES string of the molecule is N#Cc1nc([O-])c([O-])nc1C#N. The normalized spacial score (nSPS) is 8.50. The van der Waals surface area contributed by atoms with Gasteiger partial charge in [0.1, 0.15) is 12.1 Å². The van der Waals surface area contributed by atoms with Gasteiger partial charge in [-0.05, 0) is 11.8 Å². The highest BCUT2D eigenvalue weighted by atomic mass is 16.3. The number of nitriles is 2. The minimum absolute atomic E-state index is 0.415. The smallest absolute Gasteiger partial charge is 0.176 e. The molecule has 0 amide bonds. The minimum atomic E-state index is -1.12. The third-order valence-corrected chi connectivity index (χ3v) is 1.05. The van der Waals surface area contributed by atoms with Gasteiger partial charge in [0.2, 0.25) is 0 Å². The van der Waals surface area contributed by atoms with Crippen LogP contribution in [0.5, 0.6) is 11.8 Å². The fourth-order valence-corrected chi connectivity index (χ4v) is 0.561. The molecular weight excluding hydrogens is 160 g/mol. The molecular formula is C6N4O2-2. The summed E-state index contributed by atoms with van der Waals surface area (Å²) in [5, 5.41) is 37.7. The lowest BCUT2D eigenvalue weighted by atomic mass is 10.3. The Kier molecular flexibility index (Phi) is 1.76. The van der Waals surface area contributed by atoms with E-state index in [0.29, 0.717) is 0 Å². The fraction of sp³-hybridized carbons (Fsp3) is 0. The number of rotatable bonds is 0. The zero-order valence-electron chi connectivity index (χ0n) is 5.61.